The number of nitrogens with zero attached hydrogens (tertiary/aromatic N) is 2. The molecule has 2 rings (SSSR count). The summed E-state index contributed by atoms with van der Waals surface area (Å²) in [4.78, 5) is 3.74. The molecule has 2 aromatic rings. The van der Waals surface area contributed by atoms with Gasteiger partial charge in [-0.05, 0) is 6.07 Å². The van der Waals surface area contributed by atoms with Crippen molar-refractivity contribution in [1.82, 2.24) is 8.96 Å². The Hall–Kier alpha value is -0.0100. The molecule has 0 bridgehead atoms. The lowest BCUT2D eigenvalue weighted by Crippen LogP contribution is -1.85. The molecule has 0 aliphatic carbocycles. The molecule has 0 radical (unpaired) electrons. The molecule has 2 aromatic heterocycles. The molecule has 0 aromatic carbocycles. The molecular weight excluding hydrogens is 326 g/mol. The fourth-order valence-electron chi connectivity index (χ4n) is 1.08. The third-order valence-corrected chi connectivity index (χ3v) is 3.69. The number of halogens is 3. The predicted molar refractivity (Wildman–Crippen MR) is 61.7 cm³/mol. The molecule has 2 heterocycles. The molecule has 0 spiro atoms. The lowest BCUT2D eigenvalue weighted by molar-refractivity contribution is 0.634. The van der Waals surface area contributed by atoms with Crippen molar-refractivity contribution >= 4 is 52.8 Å². The number of fused-ring (bicyclic) bond motifs is 1. The molecule has 0 fully saturated rings. The van der Waals surface area contributed by atoms with Crippen LogP contribution in [-0.4, -0.2) is 8.96 Å². The van der Waals surface area contributed by atoms with Crippen molar-refractivity contribution in [3.05, 3.63) is 29.4 Å². The lowest BCUT2D eigenvalue weighted by atomic mass is 10.3. The van der Waals surface area contributed by atoms with Gasteiger partial charge in [0.1, 0.15) is 0 Å². The zero-order valence-electron chi connectivity index (χ0n) is 6.17. The first-order valence-electron chi connectivity index (χ1n) is 3.34. The summed E-state index contributed by atoms with van der Waals surface area (Å²) in [5.41, 5.74) is 0.737. The average molecular weight is 329 g/mol. The van der Waals surface area contributed by atoms with Gasteiger partial charge in [0.15, 0.2) is 11.0 Å². The molecule has 0 aliphatic rings. The molecule has 0 amide bonds. The molecule has 0 unspecified atom stereocenters. The fraction of sp³-hybridized carbons (Fsp3) is 0. The van der Waals surface area contributed by atoms with Gasteiger partial charge in [-0.25, -0.2) is 9.37 Å². The second-order valence-electron chi connectivity index (χ2n) is 2.37. The van der Waals surface area contributed by atoms with Crippen molar-refractivity contribution in [1.29, 1.82) is 0 Å². The maximum absolute atomic E-state index is 13.3. The number of rotatable bonds is 1. The minimum Gasteiger partial charge on any atom is -0.281 e. The van der Waals surface area contributed by atoms with E-state index in [0.29, 0.717) is 5.39 Å². The van der Waals surface area contributed by atoms with Gasteiger partial charge >= 0.3 is 0 Å². The van der Waals surface area contributed by atoms with Crippen LogP contribution in [-0.2, 0) is 0 Å². The molecular formula is C7H3ClFIN2S. The van der Waals surface area contributed by atoms with Crippen LogP contribution in [0.15, 0.2) is 18.5 Å². The molecule has 0 N–H and O–H groups in total. The molecule has 0 saturated heterocycles. The van der Waals surface area contributed by atoms with E-state index >= 15 is 0 Å². The van der Waals surface area contributed by atoms with Crippen LogP contribution in [0.4, 0.5) is 4.39 Å². The Morgan fingerprint density at radius 2 is 2.38 bits per heavy atom. The number of hydrogen-bond donors (Lipinski definition) is 0. The Balaban J connectivity index is 2.81. The van der Waals surface area contributed by atoms with E-state index in [1.807, 2.05) is 3.97 Å². The SMILES string of the molecule is Fc1c(Cl)ncc2c1ccn2SI. The highest BCUT2D eigenvalue weighted by Crippen LogP contribution is 2.28. The van der Waals surface area contributed by atoms with E-state index in [2.05, 4.69) is 26.2 Å². The lowest BCUT2D eigenvalue weighted by Gasteiger charge is -1.98. The Bertz CT molecular complexity index is 459. The van der Waals surface area contributed by atoms with Crippen molar-refractivity contribution in [2.75, 3.05) is 0 Å². The molecule has 0 aliphatic heterocycles. The Kier molecular flexibility index (Phi) is 2.66. The number of hydrogen-bond acceptors (Lipinski definition) is 2. The zero-order valence-corrected chi connectivity index (χ0v) is 9.90. The van der Waals surface area contributed by atoms with E-state index in [1.54, 1.807) is 18.5 Å². The van der Waals surface area contributed by atoms with Gasteiger partial charge in [-0.2, -0.15) is 0 Å². The van der Waals surface area contributed by atoms with Gasteiger partial charge in [0.2, 0.25) is 0 Å². The highest BCUT2D eigenvalue weighted by atomic mass is 127. The molecule has 13 heavy (non-hydrogen) atoms. The van der Waals surface area contributed by atoms with E-state index in [4.69, 9.17) is 11.6 Å². The van der Waals surface area contributed by atoms with E-state index in [1.165, 1.54) is 9.12 Å². The largest absolute Gasteiger partial charge is 0.281 e. The van der Waals surface area contributed by atoms with Crippen LogP contribution >= 0.6 is 41.9 Å². The first kappa shape index (κ1) is 9.54. The summed E-state index contributed by atoms with van der Waals surface area (Å²) in [7, 11) is 1.46. The summed E-state index contributed by atoms with van der Waals surface area (Å²) in [6, 6.07) is 1.68. The average Bonchev–Trinajstić information content (AvgIpc) is 2.55. The van der Waals surface area contributed by atoms with Gasteiger partial charge in [0, 0.05) is 41.9 Å². The van der Waals surface area contributed by atoms with Crippen LogP contribution in [0, 0.1) is 5.82 Å². The molecule has 68 valence electrons. The van der Waals surface area contributed by atoms with E-state index in [-0.39, 0.29) is 5.15 Å². The van der Waals surface area contributed by atoms with Crippen molar-refractivity contribution in [2.24, 2.45) is 0 Å². The van der Waals surface area contributed by atoms with Crippen LogP contribution in [0.3, 0.4) is 0 Å². The monoisotopic (exact) mass is 328 g/mol. The summed E-state index contributed by atoms with van der Waals surface area (Å²) in [5, 5.41) is 0.424. The molecule has 2 nitrogen and oxygen atoms in total. The molecule has 0 saturated carbocycles. The van der Waals surface area contributed by atoms with Gasteiger partial charge in [-0.1, -0.05) is 11.6 Å². The fourth-order valence-corrected chi connectivity index (χ4v) is 2.59. The van der Waals surface area contributed by atoms with Crippen molar-refractivity contribution in [2.45, 2.75) is 0 Å². The molecule has 0 atom stereocenters. The minimum absolute atomic E-state index is 0.0799. The standard InChI is InChI=1S/C7H3ClFIN2S/c8-7-6(9)4-1-2-12(13-10)5(4)3-11-7/h1-3H. The summed E-state index contributed by atoms with van der Waals surface area (Å²) >= 11 is 7.65. The summed E-state index contributed by atoms with van der Waals surface area (Å²) in [6.45, 7) is 0. The Morgan fingerprint density at radius 3 is 3.08 bits per heavy atom. The van der Waals surface area contributed by atoms with Crippen LogP contribution in [0.25, 0.3) is 10.9 Å². The van der Waals surface area contributed by atoms with E-state index in [9.17, 15) is 4.39 Å². The quantitative estimate of drug-likeness (QED) is 0.587. The van der Waals surface area contributed by atoms with Crippen LogP contribution in [0.5, 0.6) is 0 Å². The van der Waals surface area contributed by atoms with E-state index in [0.717, 1.165) is 5.52 Å². The van der Waals surface area contributed by atoms with Crippen molar-refractivity contribution in [3.8, 4) is 0 Å². The minimum atomic E-state index is -0.455. The van der Waals surface area contributed by atoms with Crippen molar-refractivity contribution < 1.29 is 4.39 Å². The Morgan fingerprint density at radius 1 is 1.62 bits per heavy atom. The normalized spacial score (nSPS) is 11.0. The van der Waals surface area contributed by atoms with Crippen LogP contribution < -0.4 is 0 Å². The number of pyridine rings is 1. The van der Waals surface area contributed by atoms with Crippen LogP contribution in [0.2, 0.25) is 5.15 Å². The second kappa shape index (κ2) is 3.62. The predicted octanol–water partition coefficient (Wildman–Crippen LogP) is 3.68. The van der Waals surface area contributed by atoms with Crippen LogP contribution in [0.1, 0.15) is 0 Å². The van der Waals surface area contributed by atoms with Gasteiger partial charge in [0.25, 0.3) is 0 Å². The zero-order chi connectivity index (χ0) is 9.42. The molecule has 6 heteroatoms. The highest BCUT2D eigenvalue weighted by molar-refractivity contribution is 14.2. The summed E-state index contributed by atoms with van der Waals surface area (Å²) < 4.78 is 15.2. The third kappa shape index (κ3) is 1.53. The summed E-state index contributed by atoms with van der Waals surface area (Å²) in [6.07, 6.45) is 3.34. The maximum atomic E-state index is 13.3. The van der Waals surface area contributed by atoms with Gasteiger partial charge < -0.3 is 0 Å². The highest BCUT2D eigenvalue weighted by Gasteiger charge is 2.09. The van der Waals surface area contributed by atoms with Gasteiger partial charge in [-0.15, -0.1) is 0 Å². The van der Waals surface area contributed by atoms with Gasteiger partial charge in [0.05, 0.1) is 11.7 Å². The summed E-state index contributed by atoms with van der Waals surface area (Å²) in [5.74, 6) is -0.455. The maximum Gasteiger partial charge on any atom is 0.169 e. The Labute approximate surface area is 95.2 Å². The smallest absolute Gasteiger partial charge is 0.169 e. The number of aromatic nitrogens is 2. The first-order valence-corrected chi connectivity index (χ1v) is 7.03. The van der Waals surface area contributed by atoms with Crippen molar-refractivity contribution in [3.63, 3.8) is 0 Å². The van der Waals surface area contributed by atoms with E-state index < -0.39 is 5.82 Å². The topological polar surface area (TPSA) is 17.8 Å². The second-order valence-corrected chi connectivity index (χ2v) is 4.44. The van der Waals surface area contributed by atoms with Gasteiger partial charge in [-0.3, -0.25) is 3.97 Å². The third-order valence-electron chi connectivity index (χ3n) is 1.68. The first-order chi connectivity index (χ1) is 6.24.